The van der Waals surface area contributed by atoms with Gasteiger partial charge in [-0.1, -0.05) is 41.5 Å². The number of amides is 2. The normalized spacial score (nSPS) is 24.3. The Morgan fingerprint density at radius 3 is 1.35 bits per heavy atom. The molecule has 0 radical (unpaired) electrons. The summed E-state index contributed by atoms with van der Waals surface area (Å²) in [5, 5.41) is 5.68. The van der Waals surface area contributed by atoms with Crippen molar-refractivity contribution in [2.24, 2.45) is 0 Å². The van der Waals surface area contributed by atoms with Gasteiger partial charge in [0.05, 0.1) is 0 Å². The van der Waals surface area contributed by atoms with Gasteiger partial charge in [-0.3, -0.25) is 9.59 Å². The smallest absolute Gasteiger partial charge is 0.244 e. The van der Waals surface area contributed by atoms with Crippen LogP contribution in [-0.4, -0.2) is 44.9 Å². The van der Waals surface area contributed by atoms with Crippen molar-refractivity contribution in [1.29, 1.82) is 0 Å². The monoisotopic (exact) mass is 318 g/mol. The lowest BCUT2D eigenvalue weighted by Gasteiger charge is -2.32. The molecule has 0 aromatic rings. The molecular weight excluding hydrogens is 292 g/mol. The lowest BCUT2D eigenvalue weighted by molar-refractivity contribution is -0.135. The Balaban J connectivity index is 2.50. The molecule has 4 nitrogen and oxygen atoms in total. The Hall–Kier alpha value is -0.360. The van der Waals surface area contributed by atoms with Gasteiger partial charge in [0.1, 0.15) is 12.1 Å². The first-order chi connectivity index (χ1) is 8.98. The molecule has 116 valence electrons. The highest BCUT2D eigenvalue weighted by Gasteiger charge is 2.34. The second kappa shape index (κ2) is 6.60. The van der Waals surface area contributed by atoms with E-state index in [2.05, 4.69) is 52.2 Å². The number of rotatable bonds is 4. The van der Waals surface area contributed by atoms with Gasteiger partial charge in [-0.05, 0) is 0 Å². The van der Waals surface area contributed by atoms with Gasteiger partial charge >= 0.3 is 0 Å². The van der Waals surface area contributed by atoms with Crippen molar-refractivity contribution >= 4 is 35.3 Å². The molecule has 0 aliphatic carbocycles. The SMILES string of the molecule is CC(C)(C)SC[C@@H]1NC(=O)[C@H](CSC(C)(C)C)NC1=O. The Labute approximate surface area is 130 Å². The lowest BCUT2D eigenvalue weighted by atomic mass is 10.2. The van der Waals surface area contributed by atoms with Gasteiger partial charge in [-0.2, -0.15) is 23.5 Å². The second-order valence-electron chi connectivity index (χ2n) is 6.97. The van der Waals surface area contributed by atoms with E-state index in [1.54, 1.807) is 23.5 Å². The molecule has 1 aliphatic heterocycles. The summed E-state index contributed by atoms with van der Waals surface area (Å²) < 4.78 is 0.174. The lowest BCUT2D eigenvalue weighted by Crippen LogP contribution is -2.63. The van der Waals surface area contributed by atoms with Gasteiger partial charge in [-0.25, -0.2) is 0 Å². The molecule has 6 heteroatoms. The van der Waals surface area contributed by atoms with E-state index in [1.165, 1.54) is 0 Å². The van der Waals surface area contributed by atoms with Crippen LogP contribution in [0.25, 0.3) is 0 Å². The van der Waals surface area contributed by atoms with Crippen LogP contribution >= 0.6 is 23.5 Å². The van der Waals surface area contributed by atoms with Gasteiger partial charge in [0.15, 0.2) is 0 Å². The molecule has 1 fully saturated rings. The minimum atomic E-state index is -0.414. The maximum atomic E-state index is 12.0. The zero-order valence-corrected chi connectivity index (χ0v) is 14.8. The van der Waals surface area contributed by atoms with Gasteiger partial charge in [0.25, 0.3) is 0 Å². The number of hydrogen-bond acceptors (Lipinski definition) is 4. The molecule has 2 N–H and O–H groups in total. The van der Waals surface area contributed by atoms with Crippen molar-refractivity contribution in [2.75, 3.05) is 11.5 Å². The third kappa shape index (κ3) is 6.39. The number of carbonyl (C=O) groups excluding carboxylic acids is 2. The predicted molar refractivity (Wildman–Crippen MR) is 88.3 cm³/mol. The predicted octanol–water partition coefficient (Wildman–Crippen LogP) is 2.03. The van der Waals surface area contributed by atoms with Crippen LogP contribution in [0, 0.1) is 0 Å². The van der Waals surface area contributed by atoms with Gasteiger partial charge in [0.2, 0.25) is 11.8 Å². The number of thioether (sulfide) groups is 2. The fraction of sp³-hybridized carbons (Fsp3) is 0.857. The van der Waals surface area contributed by atoms with Gasteiger partial charge in [-0.15, -0.1) is 0 Å². The van der Waals surface area contributed by atoms with Crippen molar-refractivity contribution in [3.05, 3.63) is 0 Å². The number of carbonyl (C=O) groups is 2. The summed E-state index contributed by atoms with van der Waals surface area (Å²) >= 11 is 3.37. The molecule has 0 bridgehead atoms. The molecule has 1 rings (SSSR count). The minimum absolute atomic E-state index is 0.0686. The summed E-state index contributed by atoms with van der Waals surface area (Å²) in [6.45, 7) is 12.6. The molecule has 2 atom stereocenters. The van der Waals surface area contributed by atoms with E-state index in [0.717, 1.165) is 0 Å². The van der Waals surface area contributed by atoms with Gasteiger partial charge < -0.3 is 10.6 Å². The van der Waals surface area contributed by atoms with E-state index in [4.69, 9.17) is 0 Å². The Morgan fingerprint density at radius 1 is 0.800 bits per heavy atom. The van der Waals surface area contributed by atoms with Crippen molar-refractivity contribution in [3.8, 4) is 0 Å². The first-order valence-electron chi connectivity index (χ1n) is 6.87. The van der Waals surface area contributed by atoms with E-state index < -0.39 is 12.1 Å². The van der Waals surface area contributed by atoms with E-state index in [9.17, 15) is 9.59 Å². The zero-order valence-electron chi connectivity index (χ0n) is 13.2. The second-order valence-corrected chi connectivity index (χ2v) is 10.7. The Morgan fingerprint density at radius 2 is 1.10 bits per heavy atom. The summed E-state index contributed by atoms with van der Waals surface area (Å²) in [6, 6.07) is -0.828. The zero-order chi connectivity index (χ0) is 15.6. The van der Waals surface area contributed by atoms with E-state index in [0.29, 0.717) is 11.5 Å². The number of piperazine rings is 1. The van der Waals surface area contributed by atoms with Crippen LogP contribution in [0.5, 0.6) is 0 Å². The van der Waals surface area contributed by atoms with E-state index in [1.807, 2.05) is 0 Å². The topological polar surface area (TPSA) is 58.2 Å². The number of nitrogens with one attached hydrogen (secondary N) is 2. The van der Waals surface area contributed by atoms with Crippen LogP contribution in [0.3, 0.4) is 0 Å². The maximum Gasteiger partial charge on any atom is 0.244 e. The first-order valence-corrected chi connectivity index (χ1v) is 8.84. The fourth-order valence-corrected chi connectivity index (χ4v) is 3.38. The van der Waals surface area contributed by atoms with Crippen molar-refractivity contribution in [2.45, 2.75) is 63.1 Å². The summed E-state index contributed by atoms with van der Waals surface area (Å²) in [6.07, 6.45) is 0. The van der Waals surface area contributed by atoms with Crippen molar-refractivity contribution in [3.63, 3.8) is 0 Å². The average Bonchev–Trinajstić information content (AvgIpc) is 2.25. The molecule has 1 heterocycles. The van der Waals surface area contributed by atoms with Crippen LogP contribution in [0.4, 0.5) is 0 Å². The van der Waals surface area contributed by atoms with Crippen LogP contribution < -0.4 is 10.6 Å². The third-order valence-corrected chi connectivity index (χ3v) is 5.36. The van der Waals surface area contributed by atoms with Crippen LogP contribution in [0.15, 0.2) is 0 Å². The molecule has 1 aliphatic rings. The van der Waals surface area contributed by atoms with E-state index in [-0.39, 0.29) is 21.3 Å². The molecular formula is C14H26N2O2S2. The minimum Gasteiger partial charge on any atom is -0.342 e. The van der Waals surface area contributed by atoms with Gasteiger partial charge in [0, 0.05) is 21.0 Å². The summed E-state index contributed by atoms with van der Waals surface area (Å²) in [7, 11) is 0. The molecule has 20 heavy (non-hydrogen) atoms. The summed E-state index contributed by atoms with van der Waals surface area (Å²) in [5.41, 5.74) is 0. The molecule has 1 saturated heterocycles. The number of hydrogen-bond donors (Lipinski definition) is 2. The molecule has 0 unspecified atom stereocenters. The average molecular weight is 319 g/mol. The fourth-order valence-electron chi connectivity index (χ4n) is 1.58. The van der Waals surface area contributed by atoms with Crippen molar-refractivity contribution in [1.82, 2.24) is 10.6 Å². The molecule has 0 saturated carbocycles. The highest BCUT2D eigenvalue weighted by atomic mass is 32.2. The van der Waals surface area contributed by atoms with Crippen LogP contribution in [0.1, 0.15) is 41.5 Å². The summed E-state index contributed by atoms with van der Waals surface area (Å²) in [4.78, 5) is 24.1. The highest BCUT2D eigenvalue weighted by Crippen LogP contribution is 2.26. The molecule has 0 aromatic carbocycles. The molecule has 2 amide bonds. The van der Waals surface area contributed by atoms with Crippen LogP contribution in [-0.2, 0) is 9.59 Å². The van der Waals surface area contributed by atoms with Crippen LogP contribution in [0.2, 0.25) is 0 Å². The largest absolute Gasteiger partial charge is 0.342 e. The Bertz CT molecular complexity index is 336. The quantitative estimate of drug-likeness (QED) is 0.833. The molecule has 0 aromatic heterocycles. The molecule has 0 spiro atoms. The Kier molecular flexibility index (Phi) is 5.84. The maximum absolute atomic E-state index is 12.0. The third-order valence-electron chi connectivity index (χ3n) is 2.63. The first kappa shape index (κ1) is 17.7. The van der Waals surface area contributed by atoms with E-state index >= 15 is 0 Å². The highest BCUT2D eigenvalue weighted by molar-refractivity contribution is 8.00. The standard InChI is InChI=1S/C14H26N2O2S2/c1-13(2,3)19-7-9-11(17)16-10(12(18)15-9)8-20-14(4,5)6/h9-10H,7-8H2,1-6H3,(H,15,18)(H,16,17)/t9-,10-/m0/s1. The summed E-state index contributed by atoms with van der Waals surface area (Å²) in [5.74, 6) is 1.09. The van der Waals surface area contributed by atoms with Crippen molar-refractivity contribution < 1.29 is 9.59 Å².